The van der Waals surface area contributed by atoms with Crippen molar-refractivity contribution in [3.63, 3.8) is 0 Å². The van der Waals surface area contributed by atoms with Gasteiger partial charge in [0, 0.05) is 23.6 Å². The van der Waals surface area contributed by atoms with E-state index >= 15 is 0 Å². The predicted molar refractivity (Wildman–Crippen MR) is 87.5 cm³/mol. The lowest BCUT2D eigenvalue weighted by molar-refractivity contribution is 0.578. The van der Waals surface area contributed by atoms with Gasteiger partial charge in [0.05, 0.1) is 27.6 Å². The minimum atomic E-state index is -0.159. The normalized spacial score (nSPS) is 12.7. The van der Waals surface area contributed by atoms with Gasteiger partial charge in [0.15, 0.2) is 0 Å². The van der Waals surface area contributed by atoms with Gasteiger partial charge in [-0.05, 0) is 57.3 Å². The van der Waals surface area contributed by atoms with Crippen molar-refractivity contribution in [1.29, 1.82) is 0 Å². The van der Waals surface area contributed by atoms with Gasteiger partial charge < -0.3 is 5.73 Å². The summed E-state index contributed by atoms with van der Waals surface area (Å²) < 4.78 is 4.03. The quantitative estimate of drug-likeness (QED) is 0.832. The van der Waals surface area contributed by atoms with Crippen LogP contribution in [-0.2, 0) is 19.4 Å². The Balaban J connectivity index is 2.30. The molecule has 2 aromatic rings. The van der Waals surface area contributed by atoms with Gasteiger partial charge in [-0.25, -0.2) is 0 Å². The first-order valence-electron chi connectivity index (χ1n) is 6.68. The van der Waals surface area contributed by atoms with Crippen LogP contribution in [-0.4, -0.2) is 14.8 Å². The highest BCUT2D eigenvalue weighted by molar-refractivity contribution is 9.10. The van der Waals surface area contributed by atoms with Gasteiger partial charge in [-0.3, -0.25) is 9.67 Å². The molecule has 2 rings (SSSR count). The number of hydrogen-bond donors (Lipinski definition) is 1. The van der Waals surface area contributed by atoms with Gasteiger partial charge in [0.2, 0.25) is 0 Å². The third kappa shape index (κ3) is 3.13. The van der Waals surface area contributed by atoms with E-state index in [0.717, 1.165) is 39.0 Å². The van der Waals surface area contributed by atoms with Crippen LogP contribution in [0.25, 0.3) is 0 Å². The third-order valence-electron chi connectivity index (χ3n) is 3.25. The molecule has 0 bridgehead atoms. The topological polar surface area (TPSA) is 56.7 Å². The molecule has 0 fully saturated rings. The third-order valence-corrected chi connectivity index (χ3v) is 4.83. The average molecular weight is 402 g/mol. The minimum Gasteiger partial charge on any atom is -0.322 e. The second-order valence-electron chi connectivity index (χ2n) is 4.56. The summed E-state index contributed by atoms with van der Waals surface area (Å²) in [4.78, 5) is 4.37. The molecule has 0 aromatic carbocycles. The second-order valence-corrected chi connectivity index (χ2v) is 6.21. The van der Waals surface area contributed by atoms with Crippen LogP contribution in [0.3, 0.4) is 0 Å². The largest absolute Gasteiger partial charge is 0.322 e. The minimum absolute atomic E-state index is 0.159. The van der Waals surface area contributed by atoms with Crippen LogP contribution in [0.2, 0.25) is 0 Å². The van der Waals surface area contributed by atoms with Gasteiger partial charge >= 0.3 is 0 Å². The molecule has 0 saturated heterocycles. The Morgan fingerprint density at radius 2 is 2.10 bits per heavy atom. The first-order chi connectivity index (χ1) is 9.58. The highest BCUT2D eigenvalue weighted by Crippen LogP contribution is 2.28. The van der Waals surface area contributed by atoms with Crippen molar-refractivity contribution in [1.82, 2.24) is 14.8 Å². The van der Waals surface area contributed by atoms with Crippen LogP contribution < -0.4 is 5.73 Å². The number of halogens is 2. The van der Waals surface area contributed by atoms with Gasteiger partial charge in [-0.2, -0.15) is 5.10 Å². The van der Waals surface area contributed by atoms with E-state index in [4.69, 9.17) is 5.73 Å². The lowest BCUT2D eigenvalue weighted by atomic mass is 10.1. The molecule has 0 spiro atoms. The maximum absolute atomic E-state index is 6.32. The Hall–Kier alpha value is -0.720. The Kier molecular flexibility index (Phi) is 5.35. The SMILES string of the molecule is CCc1nn(CC)c(CC(N)c2ncccc2Br)c1Br. The number of pyridine rings is 1. The molecule has 0 aliphatic heterocycles. The molecule has 1 unspecified atom stereocenters. The van der Waals surface area contributed by atoms with E-state index in [1.165, 1.54) is 0 Å². The number of hydrogen-bond acceptors (Lipinski definition) is 3. The summed E-state index contributed by atoms with van der Waals surface area (Å²) in [7, 11) is 0. The van der Waals surface area contributed by atoms with Crippen molar-refractivity contribution < 1.29 is 0 Å². The maximum Gasteiger partial charge on any atom is 0.0766 e. The van der Waals surface area contributed by atoms with Gasteiger partial charge in [0.1, 0.15) is 0 Å². The number of aryl methyl sites for hydroxylation is 2. The summed E-state index contributed by atoms with van der Waals surface area (Å²) >= 11 is 7.16. The fourth-order valence-electron chi connectivity index (χ4n) is 2.19. The molecule has 108 valence electrons. The second kappa shape index (κ2) is 6.83. The molecule has 0 saturated carbocycles. The van der Waals surface area contributed by atoms with Crippen LogP contribution in [0.5, 0.6) is 0 Å². The number of aromatic nitrogens is 3. The fourth-order valence-corrected chi connectivity index (χ4v) is 3.46. The van der Waals surface area contributed by atoms with Crippen molar-refractivity contribution in [2.75, 3.05) is 0 Å². The molecule has 1 atom stereocenters. The Morgan fingerprint density at radius 1 is 1.35 bits per heavy atom. The van der Waals surface area contributed by atoms with Crippen LogP contribution in [0.4, 0.5) is 0 Å². The molecule has 6 heteroatoms. The summed E-state index contributed by atoms with van der Waals surface area (Å²) in [6, 6.07) is 3.70. The Labute approximate surface area is 136 Å². The van der Waals surface area contributed by atoms with E-state index in [2.05, 4.69) is 55.8 Å². The molecule has 0 radical (unpaired) electrons. The van der Waals surface area contributed by atoms with Gasteiger partial charge in [-0.15, -0.1) is 0 Å². The van der Waals surface area contributed by atoms with E-state index in [1.54, 1.807) is 6.20 Å². The molecular weight excluding hydrogens is 384 g/mol. The molecule has 20 heavy (non-hydrogen) atoms. The van der Waals surface area contributed by atoms with Crippen molar-refractivity contribution in [2.24, 2.45) is 5.73 Å². The van der Waals surface area contributed by atoms with Crippen LogP contribution >= 0.6 is 31.9 Å². The highest BCUT2D eigenvalue weighted by atomic mass is 79.9. The molecule has 2 N–H and O–H groups in total. The van der Waals surface area contributed by atoms with Crippen molar-refractivity contribution in [3.05, 3.63) is 44.4 Å². The van der Waals surface area contributed by atoms with Gasteiger partial charge in [-0.1, -0.05) is 6.92 Å². The summed E-state index contributed by atoms with van der Waals surface area (Å²) in [6.45, 7) is 5.03. The molecule has 4 nitrogen and oxygen atoms in total. The predicted octanol–water partition coefficient (Wildman–Crippen LogP) is 3.63. The summed E-state index contributed by atoms with van der Waals surface area (Å²) in [5.74, 6) is 0. The number of nitrogens with zero attached hydrogens (tertiary/aromatic N) is 3. The lowest BCUT2D eigenvalue weighted by Gasteiger charge is -2.14. The van der Waals surface area contributed by atoms with E-state index in [1.807, 2.05) is 16.8 Å². The number of nitrogens with two attached hydrogens (primary N) is 1. The molecular formula is C14H18Br2N4. The molecule has 0 aliphatic rings. The van der Waals surface area contributed by atoms with Crippen molar-refractivity contribution in [3.8, 4) is 0 Å². The monoisotopic (exact) mass is 400 g/mol. The van der Waals surface area contributed by atoms with Crippen LogP contribution in [0.15, 0.2) is 27.3 Å². The van der Waals surface area contributed by atoms with Crippen molar-refractivity contribution >= 4 is 31.9 Å². The van der Waals surface area contributed by atoms with Gasteiger partial charge in [0.25, 0.3) is 0 Å². The van der Waals surface area contributed by atoms with E-state index in [9.17, 15) is 0 Å². The average Bonchev–Trinajstić information content (AvgIpc) is 2.75. The Morgan fingerprint density at radius 3 is 2.70 bits per heavy atom. The van der Waals surface area contributed by atoms with Crippen LogP contribution in [0, 0.1) is 0 Å². The number of rotatable bonds is 5. The molecule has 0 aliphatic carbocycles. The maximum atomic E-state index is 6.32. The fraction of sp³-hybridized carbons (Fsp3) is 0.429. The lowest BCUT2D eigenvalue weighted by Crippen LogP contribution is -2.18. The first kappa shape index (κ1) is 15.7. The zero-order chi connectivity index (χ0) is 14.7. The first-order valence-corrected chi connectivity index (χ1v) is 8.27. The molecule has 2 aromatic heterocycles. The summed E-state index contributed by atoms with van der Waals surface area (Å²) in [5, 5.41) is 4.60. The van der Waals surface area contributed by atoms with E-state index in [0.29, 0.717) is 6.42 Å². The van der Waals surface area contributed by atoms with E-state index in [-0.39, 0.29) is 6.04 Å². The zero-order valence-electron chi connectivity index (χ0n) is 11.6. The molecule has 2 heterocycles. The molecule has 0 amide bonds. The van der Waals surface area contributed by atoms with Crippen molar-refractivity contribution in [2.45, 2.75) is 39.3 Å². The summed E-state index contributed by atoms with van der Waals surface area (Å²) in [5.41, 5.74) is 9.40. The summed E-state index contributed by atoms with van der Waals surface area (Å²) in [6.07, 6.45) is 3.38. The zero-order valence-corrected chi connectivity index (χ0v) is 14.8. The highest BCUT2D eigenvalue weighted by Gasteiger charge is 2.19. The Bertz CT molecular complexity index is 595. The van der Waals surface area contributed by atoms with Crippen LogP contribution in [0.1, 0.15) is 37.0 Å². The standard InChI is InChI=1S/C14H18Br2N4/c1-3-11-13(16)12(20(4-2)19-11)8-10(17)14-9(15)6-5-7-18-14/h5-7,10H,3-4,8,17H2,1-2H3. The smallest absolute Gasteiger partial charge is 0.0766 e. The van der Waals surface area contributed by atoms with E-state index < -0.39 is 0 Å².